The van der Waals surface area contributed by atoms with Crippen LogP contribution < -0.4 is 0 Å². The molecule has 0 aliphatic heterocycles. The number of aromatic nitrogens is 4. The van der Waals surface area contributed by atoms with Crippen molar-refractivity contribution in [2.24, 2.45) is 0 Å². The first-order valence-corrected chi connectivity index (χ1v) is 11.4. The van der Waals surface area contributed by atoms with E-state index >= 15 is 0 Å². The van der Waals surface area contributed by atoms with Gasteiger partial charge < -0.3 is 4.57 Å². The lowest BCUT2D eigenvalue weighted by atomic mass is 10.1. The van der Waals surface area contributed by atoms with Crippen molar-refractivity contribution in [2.45, 2.75) is 102 Å². The second-order valence-electron chi connectivity index (χ2n) is 7.28. The summed E-state index contributed by atoms with van der Waals surface area (Å²) in [4.78, 5) is 13.4. The molecule has 146 valence electrons. The van der Waals surface area contributed by atoms with Crippen LogP contribution in [0, 0.1) is 6.92 Å². The highest BCUT2D eigenvalue weighted by Gasteiger charge is 2.17. The third-order valence-corrected chi connectivity index (χ3v) is 5.72. The van der Waals surface area contributed by atoms with Crippen LogP contribution in [-0.4, -0.2) is 24.8 Å². The molecule has 2 rings (SSSR count). The summed E-state index contributed by atoms with van der Waals surface area (Å²) in [5, 5.41) is 1.68. The number of fused-ring (bicyclic) bond motifs is 1. The predicted octanol–water partition coefficient (Wildman–Crippen LogP) is 6.82. The normalized spacial score (nSPS) is 11.8. The Morgan fingerprint density at radius 1 is 0.923 bits per heavy atom. The van der Waals surface area contributed by atoms with Crippen LogP contribution in [0.4, 0.5) is 0 Å². The molecular formula is C20H33ClN4S. The van der Waals surface area contributed by atoms with E-state index in [1.54, 1.807) is 11.8 Å². The first-order chi connectivity index (χ1) is 12.5. The molecular weight excluding hydrogens is 364 g/mol. The van der Waals surface area contributed by atoms with Gasteiger partial charge in [0.05, 0.1) is 0 Å². The minimum absolute atomic E-state index is 0.286. The van der Waals surface area contributed by atoms with E-state index in [2.05, 4.69) is 40.3 Å². The quantitative estimate of drug-likeness (QED) is 0.171. The molecule has 2 aromatic heterocycles. The van der Waals surface area contributed by atoms with Crippen molar-refractivity contribution >= 4 is 34.5 Å². The average Bonchev–Trinajstić information content (AvgIpc) is 2.88. The maximum atomic E-state index is 6.09. The summed E-state index contributed by atoms with van der Waals surface area (Å²) in [6.07, 6.45) is 12.0. The highest BCUT2D eigenvalue weighted by atomic mass is 35.5. The van der Waals surface area contributed by atoms with Crippen LogP contribution in [0.2, 0.25) is 5.28 Å². The highest BCUT2D eigenvalue weighted by Crippen LogP contribution is 2.30. The van der Waals surface area contributed by atoms with E-state index in [-0.39, 0.29) is 5.28 Å². The minimum Gasteiger partial charge on any atom is -0.325 e. The number of aryl methyl sites for hydroxylation is 2. The van der Waals surface area contributed by atoms with Gasteiger partial charge in [0.25, 0.3) is 0 Å². The zero-order valence-electron chi connectivity index (χ0n) is 16.7. The summed E-state index contributed by atoms with van der Waals surface area (Å²) < 4.78 is 2.28. The molecule has 26 heavy (non-hydrogen) atoms. The van der Waals surface area contributed by atoms with E-state index in [0.29, 0.717) is 5.25 Å². The van der Waals surface area contributed by atoms with E-state index in [0.717, 1.165) is 28.6 Å². The van der Waals surface area contributed by atoms with Gasteiger partial charge in [-0.3, -0.25) is 0 Å². The van der Waals surface area contributed by atoms with Gasteiger partial charge in [-0.1, -0.05) is 72.1 Å². The Balaban J connectivity index is 1.91. The molecule has 2 aromatic rings. The molecule has 0 aromatic carbocycles. The number of hydrogen-bond acceptors (Lipinski definition) is 4. The molecule has 0 spiro atoms. The Bertz CT molecular complexity index is 684. The number of thioether (sulfide) groups is 1. The van der Waals surface area contributed by atoms with Gasteiger partial charge in [-0.15, -0.1) is 11.8 Å². The van der Waals surface area contributed by atoms with Crippen molar-refractivity contribution in [2.75, 3.05) is 0 Å². The van der Waals surface area contributed by atoms with Gasteiger partial charge >= 0.3 is 0 Å². The van der Waals surface area contributed by atoms with Crippen LogP contribution in [-0.2, 0) is 6.54 Å². The molecule has 0 aliphatic rings. The van der Waals surface area contributed by atoms with Gasteiger partial charge in [0, 0.05) is 11.8 Å². The Hall–Kier alpha value is -0.810. The van der Waals surface area contributed by atoms with Gasteiger partial charge in [-0.05, 0) is 24.9 Å². The summed E-state index contributed by atoms with van der Waals surface area (Å²) in [6.45, 7) is 9.63. The highest BCUT2D eigenvalue weighted by molar-refractivity contribution is 8.00. The van der Waals surface area contributed by atoms with Gasteiger partial charge in [0.15, 0.2) is 5.65 Å². The molecule has 0 fully saturated rings. The molecule has 0 saturated carbocycles. The molecule has 0 atom stereocenters. The van der Waals surface area contributed by atoms with Crippen molar-refractivity contribution in [3.8, 4) is 0 Å². The third kappa shape index (κ3) is 6.41. The predicted molar refractivity (Wildman–Crippen MR) is 113 cm³/mol. The summed E-state index contributed by atoms with van der Waals surface area (Å²) in [5.74, 6) is 1.00. The number of rotatable bonds is 12. The van der Waals surface area contributed by atoms with Crippen LogP contribution in [0.15, 0.2) is 5.03 Å². The number of nitrogens with zero attached hydrogens (tertiary/aromatic N) is 4. The lowest BCUT2D eigenvalue weighted by molar-refractivity contribution is 0.538. The lowest BCUT2D eigenvalue weighted by Crippen LogP contribution is -2.03. The summed E-state index contributed by atoms with van der Waals surface area (Å²) in [5.41, 5.74) is 1.77. The third-order valence-electron chi connectivity index (χ3n) is 4.57. The maximum absolute atomic E-state index is 6.09. The monoisotopic (exact) mass is 396 g/mol. The second-order valence-corrected chi connectivity index (χ2v) is 9.18. The molecule has 2 heterocycles. The molecule has 0 saturated heterocycles. The van der Waals surface area contributed by atoms with Crippen molar-refractivity contribution < 1.29 is 0 Å². The van der Waals surface area contributed by atoms with E-state index in [9.17, 15) is 0 Å². The summed E-state index contributed by atoms with van der Waals surface area (Å²) in [6, 6.07) is 0. The first kappa shape index (κ1) is 21.5. The molecule has 0 radical (unpaired) electrons. The Morgan fingerprint density at radius 3 is 2.15 bits per heavy atom. The minimum atomic E-state index is 0.286. The van der Waals surface area contributed by atoms with Gasteiger partial charge in [-0.2, -0.15) is 4.98 Å². The standard InChI is InChI=1S/C20H33ClN4S/c1-5-6-7-8-9-10-11-12-13-14-25-16(4)22-18-17(25)19(26-15(2)3)24-20(21)23-18/h15H,5-14H2,1-4H3. The van der Waals surface area contributed by atoms with Crippen molar-refractivity contribution in [1.29, 1.82) is 0 Å². The van der Waals surface area contributed by atoms with Crippen LogP contribution in [0.3, 0.4) is 0 Å². The van der Waals surface area contributed by atoms with Crippen molar-refractivity contribution in [3.63, 3.8) is 0 Å². The molecule has 0 N–H and O–H groups in total. The number of hydrogen-bond donors (Lipinski definition) is 0. The zero-order chi connectivity index (χ0) is 18.9. The zero-order valence-corrected chi connectivity index (χ0v) is 18.3. The number of unbranched alkanes of at least 4 members (excludes halogenated alkanes) is 8. The van der Waals surface area contributed by atoms with Crippen molar-refractivity contribution in [1.82, 2.24) is 19.5 Å². The Labute approximate surface area is 167 Å². The Kier molecular flexibility index (Phi) is 9.20. The fraction of sp³-hybridized carbons (Fsp3) is 0.750. The van der Waals surface area contributed by atoms with E-state index < -0.39 is 0 Å². The molecule has 6 heteroatoms. The SMILES string of the molecule is CCCCCCCCCCCn1c(C)nc2nc(Cl)nc(SC(C)C)c21. The summed E-state index contributed by atoms with van der Waals surface area (Å²) >= 11 is 7.82. The van der Waals surface area contributed by atoms with Crippen LogP contribution in [0.5, 0.6) is 0 Å². The smallest absolute Gasteiger partial charge is 0.225 e. The van der Waals surface area contributed by atoms with Crippen LogP contribution in [0.1, 0.15) is 84.4 Å². The molecule has 0 bridgehead atoms. The fourth-order valence-electron chi connectivity index (χ4n) is 3.25. The lowest BCUT2D eigenvalue weighted by Gasteiger charge is -2.11. The largest absolute Gasteiger partial charge is 0.325 e. The van der Waals surface area contributed by atoms with Crippen LogP contribution >= 0.6 is 23.4 Å². The second kappa shape index (κ2) is 11.1. The molecule has 4 nitrogen and oxygen atoms in total. The number of halogens is 1. The van der Waals surface area contributed by atoms with Crippen LogP contribution in [0.25, 0.3) is 11.2 Å². The van der Waals surface area contributed by atoms with Crippen molar-refractivity contribution in [3.05, 3.63) is 11.1 Å². The first-order valence-electron chi connectivity index (χ1n) is 10.1. The maximum Gasteiger partial charge on any atom is 0.225 e. The average molecular weight is 397 g/mol. The number of imidazole rings is 1. The molecule has 0 unspecified atom stereocenters. The van der Waals surface area contributed by atoms with E-state index in [1.807, 2.05) is 6.92 Å². The van der Waals surface area contributed by atoms with E-state index in [1.165, 1.54) is 57.8 Å². The Morgan fingerprint density at radius 2 is 1.54 bits per heavy atom. The van der Waals surface area contributed by atoms with Gasteiger partial charge in [0.2, 0.25) is 5.28 Å². The fourth-order valence-corrected chi connectivity index (χ4v) is 4.36. The molecule has 0 aliphatic carbocycles. The summed E-state index contributed by atoms with van der Waals surface area (Å²) in [7, 11) is 0. The van der Waals surface area contributed by atoms with E-state index in [4.69, 9.17) is 11.6 Å². The topological polar surface area (TPSA) is 43.6 Å². The van der Waals surface area contributed by atoms with Gasteiger partial charge in [-0.25, -0.2) is 9.97 Å². The molecule has 0 amide bonds. The van der Waals surface area contributed by atoms with Gasteiger partial charge in [0.1, 0.15) is 16.4 Å².